The summed E-state index contributed by atoms with van der Waals surface area (Å²) in [5.74, 6) is -0.547. The van der Waals surface area contributed by atoms with E-state index in [2.05, 4.69) is 9.97 Å². The first-order chi connectivity index (χ1) is 15.7. The van der Waals surface area contributed by atoms with E-state index in [-0.39, 0.29) is 24.0 Å². The number of aryl methyl sites for hydroxylation is 1. The van der Waals surface area contributed by atoms with Gasteiger partial charge in [0.25, 0.3) is 5.91 Å². The van der Waals surface area contributed by atoms with E-state index in [1.807, 2.05) is 0 Å². The van der Waals surface area contributed by atoms with Gasteiger partial charge in [-0.1, -0.05) is 6.07 Å². The minimum absolute atomic E-state index is 0.0350. The molecule has 0 bridgehead atoms. The standard InChI is InChI=1S/C23H18F3N3O4/c1-14-8-17(28-10-20(14)32-13-23(24,25)26)12-29-11-16-2-3-18(9-19(16)21(29)30)33-22(31)15-4-6-27-7-5-15/h2-10H,11-13H2,1H3. The van der Waals surface area contributed by atoms with Crippen LogP contribution in [0, 0.1) is 6.92 Å². The molecule has 0 unspecified atom stereocenters. The predicted octanol–water partition coefficient (Wildman–Crippen LogP) is 4.10. The van der Waals surface area contributed by atoms with Gasteiger partial charge in [-0.25, -0.2) is 4.79 Å². The van der Waals surface area contributed by atoms with Crippen molar-refractivity contribution in [3.05, 3.63) is 82.9 Å². The Bertz CT molecular complexity index is 1200. The monoisotopic (exact) mass is 457 g/mol. The average Bonchev–Trinajstić information content (AvgIpc) is 3.08. The Hall–Kier alpha value is -3.95. The van der Waals surface area contributed by atoms with Gasteiger partial charge in [0.1, 0.15) is 11.5 Å². The lowest BCUT2D eigenvalue weighted by atomic mass is 10.1. The van der Waals surface area contributed by atoms with E-state index in [9.17, 15) is 22.8 Å². The van der Waals surface area contributed by atoms with E-state index in [1.54, 1.807) is 30.0 Å². The second kappa shape index (κ2) is 8.89. The second-order valence-electron chi connectivity index (χ2n) is 7.45. The van der Waals surface area contributed by atoms with Crippen LogP contribution in [0.1, 0.15) is 37.5 Å². The van der Waals surface area contributed by atoms with Gasteiger partial charge in [0.15, 0.2) is 6.61 Å². The molecule has 7 nitrogen and oxygen atoms in total. The van der Waals surface area contributed by atoms with Crippen LogP contribution in [-0.4, -0.2) is 39.5 Å². The van der Waals surface area contributed by atoms with Gasteiger partial charge in [0.2, 0.25) is 0 Å². The number of hydrogen-bond acceptors (Lipinski definition) is 6. The van der Waals surface area contributed by atoms with Crippen LogP contribution in [0.5, 0.6) is 11.5 Å². The third-order valence-corrected chi connectivity index (χ3v) is 4.95. The van der Waals surface area contributed by atoms with Crippen LogP contribution in [0.3, 0.4) is 0 Å². The summed E-state index contributed by atoms with van der Waals surface area (Å²) in [4.78, 5) is 34.6. The van der Waals surface area contributed by atoms with Crippen molar-refractivity contribution in [3.8, 4) is 11.5 Å². The number of esters is 1. The topological polar surface area (TPSA) is 81.6 Å². The molecule has 3 aromatic rings. The average molecular weight is 457 g/mol. The zero-order valence-corrected chi connectivity index (χ0v) is 17.4. The van der Waals surface area contributed by atoms with E-state index < -0.39 is 18.8 Å². The van der Waals surface area contributed by atoms with Gasteiger partial charge < -0.3 is 14.4 Å². The molecule has 3 heterocycles. The lowest BCUT2D eigenvalue weighted by Crippen LogP contribution is -2.24. The number of carbonyl (C=O) groups is 2. The van der Waals surface area contributed by atoms with E-state index in [0.29, 0.717) is 28.9 Å². The van der Waals surface area contributed by atoms with Crippen molar-refractivity contribution in [1.82, 2.24) is 14.9 Å². The number of alkyl halides is 3. The van der Waals surface area contributed by atoms with Crippen molar-refractivity contribution in [3.63, 3.8) is 0 Å². The number of hydrogen-bond donors (Lipinski definition) is 0. The van der Waals surface area contributed by atoms with Crippen LogP contribution in [0.15, 0.2) is 55.0 Å². The van der Waals surface area contributed by atoms with Crippen molar-refractivity contribution in [1.29, 1.82) is 0 Å². The minimum atomic E-state index is -4.44. The molecule has 1 aromatic carbocycles. The quantitative estimate of drug-likeness (QED) is 0.410. The van der Waals surface area contributed by atoms with Crippen molar-refractivity contribution >= 4 is 11.9 Å². The largest absolute Gasteiger partial charge is 0.482 e. The maximum atomic E-state index is 12.9. The first-order valence-corrected chi connectivity index (χ1v) is 9.89. The molecule has 0 saturated carbocycles. The molecule has 1 amide bonds. The molecule has 33 heavy (non-hydrogen) atoms. The highest BCUT2D eigenvalue weighted by molar-refractivity contribution is 5.99. The number of rotatable bonds is 6. The Labute approximate surface area is 186 Å². The zero-order valence-electron chi connectivity index (χ0n) is 17.4. The fourth-order valence-corrected chi connectivity index (χ4v) is 3.38. The number of amides is 1. The summed E-state index contributed by atoms with van der Waals surface area (Å²) in [6, 6.07) is 9.49. The van der Waals surface area contributed by atoms with E-state index in [0.717, 1.165) is 5.56 Å². The number of aromatic nitrogens is 2. The van der Waals surface area contributed by atoms with Gasteiger partial charge in [-0.15, -0.1) is 0 Å². The molecule has 170 valence electrons. The number of carbonyl (C=O) groups excluding carboxylic acids is 2. The third kappa shape index (κ3) is 5.28. The summed E-state index contributed by atoms with van der Waals surface area (Å²) in [6.45, 7) is 0.712. The van der Waals surface area contributed by atoms with Crippen LogP contribution < -0.4 is 9.47 Å². The lowest BCUT2D eigenvalue weighted by molar-refractivity contribution is -0.153. The van der Waals surface area contributed by atoms with Gasteiger partial charge in [-0.05, 0) is 48.4 Å². The smallest absolute Gasteiger partial charge is 0.422 e. The Morgan fingerprint density at radius 3 is 2.61 bits per heavy atom. The normalized spacial score (nSPS) is 13.1. The first kappa shape index (κ1) is 22.3. The predicted molar refractivity (Wildman–Crippen MR) is 110 cm³/mol. The SMILES string of the molecule is Cc1cc(CN2Cc3ccc(OC(=O)c4ccncc4)cc3C2=O)ncc1OCC(F)(F)F. The number of halogens is 3. The molecule has 0 radical (unpaired) electrons. The molecule has 10 heteroatoms. The Morgan fingerprint density at radius 2 is 1.91 bits per heavy atom. The van der Waals surface area contributed by atoms with Crippen molar-refractivity contribution in [2.75, 3.05) is 6.61 Å². The van der Waals surface area contributed by atoms with Crippen LogP contribution >= 0.6 is 0 Å². The highest BCUT2D eigenvalue weighted by Gasteiger charge is 2.30. The molecule has 2 aromatic heterocycles. The minimum Gasteiger partial charge on any atom is -0.482 e. The first-order valence-electron chi connectivity index (χ1n) is 9.89. The second-order valence-corrected chi connectivity index (χ2v) is 7.45. The van der Waals surface area contributed by atoms with Crippen LogP contribution in [0.2, 0.25) is 0 Å². The van der Waals surface area contributed by atoms with Gasteiger partial charge in [0, 0.05) is 24.5 Å². The summed E-state index contributed by atoms with van der Waals surface area (Å²) < 4.78 is 47.2. The lowest BCUT2D eigenvalue weighted by Gasteiger charge is -2.16. The number of ether oxygens (including phenoxy) is 2. The number of fused-ring (bicyclic) bond motifs is 1. The fourth-order valence-electron chi connectivity index (χ4n) is 3.38. The van der Waals surface area contributed by atoms with E-state index >= 15 is 0 Å². The van der Waals surface area contributed by atoms with E-state index in [1.165, 1.54) is 36.8 Å². The molecule has 0 fully saturated rings. The molecular formula is C23H18F3N3O4. The number of nitrogens with zero attached hydrogens (tertiary/aromatic N) is 3. The highest BCUT2D eigenvalue weighted by Crippen LogP contribution is 2.29. The van der Waals surface area contributed by atoms with Crippen molar-refractivity contribution in [2.45, 2.75) is 26.2 Å². The van der Waals surface area contributed by atoms with Gasteiger partial charge in [0.05, 0.1) is 24.0 Å². The number of pyridine rings is 2. The Kier molecular flexibility index (Phi) is 5.99. The molecule has 1 aliphatic heterocycles. The maximum absolute atomic E-state index is 12.9. The number of benzene rings is 1. The van der Waals surface area contributed by atoms with Crippen LogP contribution in [0.25, 0.3) is 0 Å². The molecule has 1 aliphatic rings. The molecule has 0 saturated heterocycles. The van der Waals surface area contributed by atoms with Crippen LogP contribution in [0.4, 0.5) is 13.2 Å². The zero-order chi connectivity index (χ0) is 23.6. The summed E-state index contributed by atoms with van der Waals surface area (Å²) >= 11 is 0. The van der Waals surface area contributed by atoms with Crippen LogP contribution in [-0.2, 0) is 13.1 Å². The van der Waals surface area contributed by atoms with Gasteiger partial charge in [-0.3, -0.25) is 14.8 Å². The van der Waals surface area contributed by atoms with Crippen molar-refractivity contribution in [2.24, 2.45) is 0 Å². The molecule has 0 atom stereocenters. The summed E-state index contributed by atoms with van der Waals surface area (Å²) in [7, 11) is 0. The van der Waals surface area contributed by atoms with Crippen molar-refractivity contribution < 1.29 is 32.2 Å². The summed E-state index contributed by atoms with van der Waals surface area (Å²) in [5, 5.41) is 0. The molecular weight excluding hydrogens is 439 g/mol. The van der Waals surface area contributed by atoms with Gasteiger partial charge in [-0.2, -0.15) is 13.2 Å². The van der Waals surface area contributed by atoms with Gasteiger partial charge >= 0.3 is 12.1 Å². The highest BCUT2D eigenvalue weighted by atomic mass is 19.4. The van der Waals surface area contributed by atoms with E-state index in [4.69, 9.17) is 9.47 Å². The molecule has 0 spiro atoms. The Morgan fingerprint density at radius 1 is 1.15 bits per heavy atom. The maximum Gasteiger partial charge on any atom is 0.422 e. The fraction of sp³-hybridized carbons (Fsp3) is 0.217. The molecule has 0 N–H and O–H groups in total. The summed E-state index contributed by atoms with van der Waals surface area (Å²) in [5.41, 5.74) is 2.51. The summed E-state index contributed by atoms with van der Waals surface area (Å²) in [6.07, 6.45) is -0.262. The Balaban J connectivity index is 1.42. The molecule has 4 rings (SSSR count). The third-order valence-electron chi connectivity index (χ3n) is 4.95. The molecule has 0 aliphatic carbocycles.